The summed E-state index contributed by atoms with van der Waals surface area (Å²) in [6, 6.07) is 6.06. The van der Waals surface area contributed by atoms with Gasteiger partial charge in [0.1, 0.15) is 0 Å². The predicted octanol–water partition coefficient (Wildman–Crippen LogP) is 5.02. The van der Waals surface area contributed by atoms with E-state index >= 15 is 0 Å². The number of fused-ring (bicyclic) bond motifs is 1. The molecule has 1 unspecified atom stereocenters. The third-order valence-corrected chi connectivity index (χ3v) is 4.67. The molecule has 1 aromatic heterocycles. The van der Waals surface area contributed by atoms with Crippen LogP contribution in [0.5, 0.6) is 0 Å². The summed E-state index contributed by atoms with van der Waals surface area (Å²) in [6.45, 7) is 4.81. The first kappa shape index (κ1) is 15.4. The Balaban J connectivity index is 2.13. The van der Waals surface area contributed by atoms with Gasteiger partial charge in [-0.2, -0.15) is 0 Å². The number of nitrogens with zero attached hydrogens (tertiary/aromatic N) is 1. The molecule has 0 saturated heterocycles. The van der Waals surface area contributed by atoms with E-state index in [0.717, 1.165) is 11.9 Å². The van der Waals surface area contributed by atoms with E-state index in [1.807, 2.05) is 19.1 Å². The smallest absolute Gasteiger partial charge is 0.408 e. The van der Waals surface area contributed by atoms with Gasteiger partial charge in [0.2, 0.25) is 0 Å². The average molecular weight is 340 g/mol. The zero-order valence-corrected chi connectivity index (χ0v) is 13.8. The van der Waals surface area contributed by atoms with E-state index in [-0.39, 0.29) is 5.76 Å². The Hall–Kier alpha value is -1.03. The average Bonchev–Trinajstić information content (AvgIpc) is 2.77. The molecule has 0 fully saturated rings. The highest BCUT2D eigenvalue weighted by molar-refractivity contribution is 9.09. The van der Waals surface area contributed by atoms with Crippen LogP contribution >= 0.6 is 15.9 Å². The van der Waals surface area contributed by atoms with Crippen LogP contribution in [-0.2, 0) is 6.54 Å². The largest absolute Gasteiger partial charge is 0.419 e. The molecule has 1 atom stereocenters. The fraction of sp³-hybridized carbons (Fsp3) is 0.562. The minimum atomic E-state index is -0.270. The highest BCUT2D eigenvalue weighted by Gasteiger charge is 2.12. The van der Waals surface area contributed by atoms with Crippen molar-refractivity contribution in [1.82, 2.24) is 4.57 Å². The van der Waals surface area contributed by atoms with Gasteiger partial charge in [-0.25, -0.2) is 4.79 Å². The van der Waals surface area contributed by atoms with Crippen molar-refractivity contribution in [2.24, 2.45) is 0 Å². The molecule has 110 valence electrons. The molecule has 20 heavy (non-hydrogen) atoms. The summed E-state index contributed by atoms with van der Waals surface area (Å²) in [7, 11) is 0. The lowest BCUT2D eigenvalue weighted by molar-refractivity contribution is 0.513. The SMILES string of the molecule is CCCCCCC(Br)c1ccc2c(c1)oc(=O)n2CC. The lowest BCUT2D eigenvalue weighted by Gasteiger charge is -2.10. The van der Waals surface area contributed by atoms with Crippen molar-refractivity contribution in [2.75, 3.05) is 0 Å². The van der Waals surface area contributed by atoms with Gasteiger partial charge < -0.3 is 4.42 Å². The van der Waals surface area contributed by atoms with Gasteiger partial charge in [0.25, 0.3) is 0 Å². The fourth-order valence-corrected chi connectivity index (χ4v) is 3.10. The lowest BCUT2D eigenvalue weighted by atomic mass is 10.1. The number of aryl methyl sites for hydroxylation is 1. The van der Waals surface area contributed by atoms with Crippen molar-refractivity contribution in [1.29, 1.82) is 0 Å². The van der Waals surface area contributed by atoms with Crippen LogP contribution in [0.2, 0.25) is 0 Å². The van der Waals surface area contributed by atoms with Gasteiger partial charge in [0.15, 0.2) is 5.58 Å². The molecule has 0 N–H and O–H groups in total. The summed E-state index contributed by atoms with van der Waals surface area (Å²) >= 11 is 3.74. The highest BCUT2D eigenvalue weighted by atomic mass is 79.9. The van der Waals surface area contributed by atoms with Crippen LogP contribution in [0, 0.1) is 0 Å². The maximum absolute atomic E-state index is 11.7. The summed E-state index contributed by atoms with van der Waals surface area (Å²) in [4.78, 5) is 12.0. The predicted molar refractivity (Wildman–Crippen MR) is 86.6 cm³/mol. The van der Waals surface area contributed by atoms with Crippen molar-refractivity contribution in [3.8, 4) is 0 Å². The first-order chi connectivity index (χ1) is 9.67. The number of hydrogen-bond donors (Lipinski definition) is 0. The van der Waals surface area contributed by atoms with Gasteiger partial charge in [-0.05, 0) is 31.0 Å². The van der Waals surface area contributed by atoms with Crippen molar-refractivity contribution >= 4 is 27.0 Å². The Kier molecular flexibility index (Phi) is 5.46. The zero-order chi connectivity index (χ0) is 14.5. The van der Waals surface area contributed by atoms with E-state index in [9.17, 15) is 4.79 Å². The molecule has 0 aliphatic carbocycles. The van der Waals surface area contributed by atoms with Crippen molar-refractivity contribution in [3.05, 3.63) is 34.3 Å². The summed E-state index contributed by atoms with van der Waals surface area (Å²) in [5.41, 5.74) is 2.75. The van der Waals surface area contributed by atoms with Gasteiger partial charge in [-0.3, -0.25) is 4.57 Å². The van der Waals surface area contributed by atoms with Crippen LogP contribution in [0.4, 0.5) is 0 Å². The molecule has 1 heterocycles. The minimum absolute atomic E-state index is 0.270. The van der Waals surface area contributed by atoms with Crippen LogP contribution < -0.4 is 5.76 Å². The minimum Gasteiger partial charge on any atom is -0.408 e. The second-order valence-corrected chi connectivity index (χ2v) is 6.26. The van der Waals surface area contributed by atoms with E-state index in [2.05, 4.69) is 28.9 Å². The third kappa shape index (κ3) is 3.35. The number of alkyl halides is 1. The van der Waals surface area contributed by atoms with Gasteiger partial charge in [0.05, 0.1) is 5.52 Å². The lowest BCUT2D eigenvalue weighted by Crippen LogP contribution is -2.11. The van der Waals surface area contributed by atoms with Gasteiger partial charge >= 0.3 is 5.76 Å². The molecular formula is C16H22BrNO2. The third-order valence-electron chi connectivity index (χ3n) is 3.68. The van der Waals surface area contributed by atoms with Crippen molar-refractivity contribution < 1.29 is 4.42 Å². The molecule has 2 aromatic rings. The zero-order valence-electron chi connectivity index (χ0n) is 12.2. The van der Waals surface area contributed by atoms with Gasteiger partial charge in [-0.1, -0.05) is 54.6 Å². The summed E-state index contributed by atoms with van der Waals surface area (Å²) < 4.78 is 6.97. The van der Waals surface area contributed by atoms with Crippen LogP contribution in [-0.4, -0.2) is 4.57 Å². The Morgan fingerprint density at radius 3 is 2.75 bits per heavy atom. The van der Waals surface area contributed by atoms with Crippen LogP contribution in [0.15, 0.2) is 27.4 Å². The maximum atomic E-state index is 11.7. The van der Waals surface area contributed by atoms with Gasteiger partial charge in [-0.15, -0.1) is 0 Å². The van der Waals surface area contributed by atoms with E-state index in [1.54, 1.807) is 4.57 Å². The Morgan fingerprint density at radius 2 is 2.05 bits per heavy atom. The number of rotatable bonds is 7. The molecule has 0 amide bonds. The van der Waals surface area contributed by atoms with Crippen molar-refractivity contribution in [3.63, 3.8) is 0 Å². The molecule has 0 bridgehead atoms. The second kappa shape index (κ2) is 7.11. The topological polar surface area (TPSA) is 35.1 Å². The molecule has 3 nitrogen and oxygen atoms in total. The van der Waals surface area contributed by atoms with Crippen molar-refractivity contribution in [2.45, 2.75) is 57.3 Å². The van der Waals surface area contributed by atoms with Crippen LogP contribution in [0.3, 0.4) is 0 Å². The molecule has 2 rings (SSSR count). The molecular weight excluding hydrogens is 318 g/mol. The van der Waals surface area contributed by atoms with Crippen LogP contribution in [0.1, 0.15) is 56.3 Å². The fourth-order valence-electron chi connectivity index (χ4n) is 2.49. The molecule has 0 spiro atoms. The number of benzene rings is 1. The molecule has 0 radical (unpaired) electrons. The molecule has 4 heteroatoms. The monoisotopic (exact) mass is 339 g/mol. The second-order valence-electron chi connectivity index (χ2n) is 5.16. The summed E-state index contributed by atoms with van der Waals surface area (Å²) in [5.74, 6) is -0.270. The molecule has 1 aromatic carbocycles. The number of hydrogen-bond acceptors (Lipinski definition) is 2. The first-order valence-electron chi connectivity index (χ1n) is 7.44. The number of unbranched alkanes of at least 4 members (excludes halogenated alkanes) is 3. The number of halogens is 1. The maximum Gasteiger partial charge on any atom is 0.419 e. The normalized spacial score (nSPS) is 12.9. The van der Waals surface area contributed by atoms with E-state index in [0.29, 0.717) is 17.0 Å². The molecule has 0 aliphatic heterocycles. The Labute approximate surface area is 128 Å². The first-order valence-corrected chi connectivity index (χ1v) is 8.36. The van der Waals surface area contributed by atoms with Crippen LogP contribution in [0.25, 0.3) is 11.1 Å². The highest BCUT2D eigenvalue weighted by Crippen LogP contribution is 2.30. The van der Waals surface area contributed by atoms with E-state index < -0.39 is 0 Å². The van der Waals surface area contributed by atoms with Gasteiger partial charge in [0, 0.05) is 11.4 Å². The van der Waals surface area contributed by atoms with E-state index in [1.165, 1.54) is 31.2 Å². The Bertz CT molecular complexity index is 614. The summed E-state index contributed by atoms with van der Waals surface area (Å²) in [5, 5.41) is 0. The molecule has 0 saturated carbocycles. The standard InChI is InChI=1S/C16H22BrNO2/c1-3-5-6-7-8-13(17)12-9-10-14-15(11-12)20-16(19)18(14)4-2/h9-11,13H,3-8H2,1-2H3. The summed E-state index contributed by atoms with van der Waals surface area (Å²) in [6.07, 6.45) is 6.18. The quantitative estimate of drug-likeness (QED) is 0.524. The Morgan fingerprint density at radius 1 is 1.25 bits per heavy atom. The molecule has 0 aliphatic rings. The van der Waals surface area contributed by atoms with E-state index in [4.69, 9.17) is 4.42 Å². The number of aromatic nitrogens is 1. The number of oxazole rings is 1.